The minimum absolute atomic E-state index is 0.250. The fourth-order valence-electron chi connectivity index (χ4n) is 6.30. The predicted octanol–water partition coefficient (Wildman–Crippen LogP) is 4.99. The number of hydrogen-bond acceptors (Lipinski definition) is 3. The number of likely N-dealkylation sites (tertiary alicyclic amines) is 1. The zero-order chi connectivity index (χ0) is 23.3. The van der Waals surface area contributed by atoms with E-state index in [4.69, 9.17) is 4.74 Å². The molecular weight excluding hydrogens is 427 g/mol. The highest BCUT2D eigenvalue weighted by Gasteiger charge is 2.57. The lowest BCUT2D eigenvalue weighted by Gasteiger charge is -2.56. The number of H-pyrrole nitrogens is 1. The maximum atomic E-state index is 14.1. The highest BCUT2D eigenvalue weighted by Crippen LogP contribution is 2.52. The molecule has 1 aliphatic carbocycles. The van der Waals surface area contributed by atoms with Crippen molar-refractivity contribution >= 4 is 10.9 Å². The van der Waals surface area contributed by atoms with Crippen LogP contribution in [0.1, 0.15) is 28.8 Å². The molecular formula is C29H29FN2O2. The van der Waals surface area contributed by atoms with Gasteiger partial charge in [-0.25, -0.2) is 4.39 Å². The summed E-state index contributed by atoms with van der Waals surface area (Å²) in [4.78, 5) is 5.90. The van der Waals surface area contributed by atoms with Crippen LogP contribution in [0, 0.1) is 5.82 Å². The van der Waals surface area contributed by atoms with Gasteiger partial charge in [0.25, 0.3) is 0 Å². The van der Waals surface area contributed by atoms with Crippen LogP contribution < -0.4 is 4.74 Å². The van der Waals surface area contributed by atoms with Crippen LogP contribution in [0.5, 0.6) is 5.75 Å². The molecule has 2 heterocycles. The van der Waals surface area contributed by atoms with Crippen molar-refractivity contribution in [3.8, 4) is 5.75 Å². The summed E-state index contributed by atoms with van der Waals surface area (Å²) in [5, 5.41) is 13.4. The van der Waals surface area contributed by atoms with E-state index in [1.165, 1.54) is 11.6 Å². The van der Waals surface area contributed by atoms with Crippen molar-refractivity contribution in [2.24, 2.45) is 0 Å². The summed E-state index contributed by atoms with van der Waals surface area (Å²) in [6.07, 6.45) is 1.99. The van der Waals surface area contributed by atoms with Gasteiger partial charge in [-0.1, -0.05) is 42.5 Å². The van der Waals surface area contributed by atoms with Gasteiger partial charge in [0.2, 0.25) is 0 Å². The van der Waals surface area contributed by atoms with Crippen LogP contribution in [0.3, 0.4) is 0 Å². The Labute approximate surface area is 199 Å². The Morgan fingerprint density at radius 2 is 1.88 bits per heavy atom. The zero-order valence-corrected chi connectivity index (χ0v) is 19.4. The first-order valence-electron chi connectivity index (χ1n) is 11.9. The first-order chi connectivity index (χ1) is 16.5. The predicted molar refractivity (Wildman–Crippen MR) is 132 cm³/mol. The maximum absolute atomic E-state index is 14.1. The number of methoxy groups -OCH3 is 1. The van der Waals surface area contributed by atoms with Gasteiger partial charge in [0.1, 0.15) is 11.6 Å². The molecule has 5 heteroatoms. The molecule has 1 aromatic heterocycles. The minimum atomic E-state index is -0.999. The summed E-state index contributed by atoms with van der Waals surface area (Å²) in [6.45, 7) is 2.24. The number of rotatable bonds is 4. The fourth-order valence-corrected chi connectivity index (χ4v) is 6.30. The number of nitrogens with one attached hydrogen (secondary N) is 1. The summed E-state index contributed by atoms with van der Waals surface area (Å²) in [5.74, 6) is 0.547. The number of fused-ring (bicyclic) bond motifs is 4. The van der Waals surface area contributed by atoms with Crippen LogP contribution in [-0.4, -0.2) is 40.8 Å². The number of aromatic nitrogens is 1. The number of β-amino-alcohol motifs (C(OH)–C–C–N with tert-alkyl or cyclic N) is 1. The Morgan fingerprint density at radius 1 is 1.03 bits per heavy atom. The van der Waals surface area contributed by atoms with Gasteiger partial charge in [-0.3, -0.25) is 4.90 Å². The smallest absolute Gasteiger partial charge is 0.123 e. The fraction of sp³-hybridized carbons (Fsp3) is 0.310. The molecule has 2 atom stereocenters. The first kappa shape index (κ1) is 21.4. The molecule has 2 aliphatic rings. The van der Waals surface area contributed by atoms with Gasteiger partial charge < -0.3 is 14.8 Å². The average molecular weight is 457 g/mol. The number of halogens is 1. The molecule has 0 spiro atoms. The van der Waals surface area contributed by atoms with Crippen LogP contribution in [0.25, 0.3) is 10.9 Å². The van der Waals surface area contributed by atoms with E-state index in [2.05, 4.69) is 46.3 Å². The van der Waals surface area contributed by atoms with Crippen molar-refractivity contribution in [2.45, 2.75) is 36.8 Å². The molecule has 4 nitrogen and oxygen atoms in total. The van der Waals surface area contributed by atoms with E-state index >= 15 is 0 Å². The monoisotopic (exact) mass is 456 g/mol. The minimum Gasteiger partial charge on any atom is -0.497 e. The molecule has 0 radical (unpaired) electrons. The molecule has 174 valence electrons. The Balaban J connectivity index is 1.46. The zero-order valence-electron chi connectivity index (χ0n) is 19.4. The summed E-state index contributed by atoms with van der Waals surface area (Å²) < 4.78 is 19.7. The molecule has 6 rings (SSSR count). The summed E-state index contributed by atoms with van der Waals surface area (Å²) >= 11 is 0. The number of aromatic amines is 1. The van der Waals surface area contributed by atoms with Crippen molar-refractivity contribution in [1.82, 2.24) is 9.88 Å². The number of piperidine rings is 1. The number of benzene rings is 3. The second kappa shape index (κ2) is 7.97. The van der Waals surface area contributed by atoms with Gasteiger partial charge in [-0.2, -0.15) is 0 Å². The van der Waals surface area contributed by atoms with Crippen LogP contribution in [-0.2, 0) is 24.8 Å². The lowest BCUT2D eigenvalue weighted by atomic mass is 9.56. The van der Waals surface area contributed by atoms with Crippen molar-refractivity contribution < 1.29 is 14.2 Å². The molecule has 3 aromatic carbocycles. The number of hydrogen-bond donors (Lipinski definition) is 2. The summed E-state index contributed by atoms with van der Waals surface area (Å²) in [6, 6.07) is 23.5. The normalized spacial score (nSPS) is 24.6. The lowest BCUT2D eigenvalue weighted by Crippen LogP contribution is -2.66. The van der Waals surface area contributed by atoms with Gasteiger partial charge in [-0.05, 0) is 60.0 Å². The van der Waals surface area contributed by atoms with Gasteiger partial charge in [0.15, 0.2) is 0 Å². The quantitative estimate of drug-likeness (QED) is 0.455. The Bertz CT molecular complexity index is 1350. The molecule has 0 saturated carbocycles. The van der Waals surface area contributed by atoms with E-state index < -0.39 is 11.0 Å². The summed E-state index contributed by atoms with van der Waals surface area (Å²) in [5.41, 5.74) is 3.95. The maximum Gasteiger partial charge on any atom is 0.123 e. The van der Waals surface area contributed by atoms with E-state index in [1.807, 2.05) is 18.2 Å². The topological polar surface area (TPSA) is 48.5 Å². The van der Waals surface area contributed by atoms with Crippen molar-refractivity contribution in [1.29, 1.82) is 0 Å². The van der Waals surface area contributed by atoms with Crippen molar-refractivity contribution in [3.63, 3.8) is 0 Å². The Hall–Kier alpha value is -3.15. The highest BCUT2D eigenvalue weighted by atomic mass is 19.1. The van der Waals surface area contributed by atoms with Crippen LogP contribution in [0.4, 0.5) is 4.39 Å². The molecule has 2 unspecified atom stereocenters. The van der Waals surface area contributed by atoms with Gasteiger partial charge in [-0.15, -0.1) is 0 Å². The van der Waals surface area contributed by atoms with Crippen LogP contribution in [0.2, 0.25) is 0 Å². The number of ether oxygens (including phenoxy) is 1. The van der Waals surface area contributed by atoms with Gasteiger partial charge in [0, 0.05) is 47.9 Å². The van der Waals surface area contributed by atoms with E-state index in [-0.39, 0.29) is 5.82 Å². The largest absolute Gasteiger partial charge is 0.497 e. The molecule has 0 bridgehead atoms. The van der Waals surface area contributed by atoms with E-state index in [0.717, 1.165) is 53.0 Å². The third kappa shape index (κ3) is 3.34. The van der Waals surface area contributed by atoms with Gasteiger partial charge >= 0.3 is 0 Å². The first-order valence-corrected chi connectivity index (χ1v) is 11.9. The molecule has 1 fully saturated rings. The van der Waals surface area contributed by atoms with Crippen molar-refractivity contribution in [2.75, 3.05) is 20.2 Å². The highest BCUT2D eigenvalue weighted by molar-refractivity contribution is 5.85. The van der Waals surface area contributed by atoms with Crippen molar-refractivity contribution in [3.05, 3.63) is 101 Å². The molecule has 2 N–H and O–H groups in total. The SMILES string of the molecule is COc1cccc(C23CCN(Cc4ccccc4)CC2(O)Cc2c([nH]c4ccc(F)cc24)C3)c1. The standard InChI is InChI=1S/C29H29FN2O2/c1-34-23-9-5-8-21(14-23)28-12-13-32(18-20-6-3-2-4-7-20)19-29(28,33)16-25-24-15-22(30)10-11-26(24)31-27(25)17-28/h2-11,14-15,31,33H,12-13,16-19H2,1H3. The van der Waals surface area contributed by atoms with E-state index in [9.17, 15) is 9.50 Å². The van der Waals surface area contributed by atoms with Crippen LogP contribution >= 0.6 is 0 Å². The molecule has 1 aliphatic heterocycles. The Kier molecular flexibility index (Phi) is 5.01. The third-order valence-corrected chi connectivity index (χ3v) is 8.01. The Morgan fingerprint density at radius 3 is 2.71 bits per heavy atom. The van der Waals surface area contributed by atoms with Crippen LogP contribution in [0.15, 0.2) is 72.8 Å². The van der Waals surface area contributed by atoms with Gasteiger partial charge in [0.05, 0.1) is 12.7 Å². The molecule has 34 heavy (non-hydrogen) atoms. The number of nitrogens with zero attached hydrogens (tertiary/aromatic N) is 1. The second-order valence-corrected chi connectivity index (χ2v) is 9.92. The second-order valence-electron chi connectivity index (χ2n) is 9.92. The lowest BCUT2D eigenvalue weighted by molar-refractivity contribution is -0.105. The third-order valence-electron chi connectivity index (χ3n) is 8.01. The van der Waals surface area contributed by atoms with E-state index in [1.54, 1.807) is 19.2 Å². The molecule has 4 aromatic rings. The average Bonchev–Trinajstić information content (AvgIpc) is 3.18. The number of aliphatic hydroxyl groups is 1. The van der Waals surface area contributed by atoms with E-state index in [0.29, 0.717) is 19.4 Å². The summed E-state index contributed by atoms with van der Waals surface area (Å²) in [7, 11) is 1.68. The molecule has 1 saturated heterocycles. The molecule has 0 amide bonds.